The first kappa shape index (κ1) is 17.4. The van der Waals surface area contributed by atoms with Crippen molar-refractivity contribution in [2.45, 2.75) is 18.2 Å². The van der Waals surface area contributed by atoms with Gasteiger partial charge in [0.15, 0.2) is 0 Å². The van der Waals surface area contributed by atoms with Gasteiger partial charge < -0.3 is 4.74 Å². The summed E-state index contributed by atoms with van der Waals surface area (Å²) in [6, 6.07) is 4.43. The fraction of sp³-hybridized carbons (Fsp3) is 0.455. The van der Waals surface area contributed by atoms with Crippen LogP contribution < -0.4 is 9.88 Å². The van der Waals surface area contributed by atoms with E-state index in [4.69, 9.17) is 9.88 Å². The summed E-state index contributed by atoms with van der Waals surface area (Å²) in [7, 11) is -6.95. The average molecular weight is 386 g/mol. The number of primary sulfonamides is 1. The van der Waals surface area contributed by atoms with Crippen molar-refractivity contribution in [1.29, 1.82) is 0 Å². The van der Waals surface area contributed by atoms with E-state index in [-0.39, 0.29) is 35.2 Å². The second-order valence-corrected chi connectivity index (χ2v) is 8.99. The second-order valence-electron chi connectivity index (χ2n) is 4.07. The van der Waals surface area contributed by atoms with Crippen molar-refractivity contribution in [1.82, 2.24) is 0 Å². The summed E-state index contributed by atoms with van der Waals surface area (Å²) in [5.41, 5.74) is 0. The van der Waals surface area contributed by atoms with Gasteiger partial charge in [0.05, 0.1) is 12.4 Å². The molecule has 0 aromatic heterocycles. The Morgan fingerprint density at radius 2 is 1.90 bits per heavy atom. The number of rotatable bonds is 7. The summed E-state index contributed by atoms with van der Waals surface area (Å²) in [4.78, 5) is -0.134. The molecule has 0 saturated heterocycles. The van der Waals surface area contributed by atoms with Crippen LogP contribution >= 0.6 is 15.9 Å². The third-order valence-corrected chi connectivity index (χ3v) is 5.73. The van der Waals surface area contributed by atoms with Gasteiger partial charge in [0.1, 0.15) is 20.5 Å². The maximum absolute atomic E-state index is 11.4. The highest BCUT2D eigenvalue weighted by Gasteiger charge is 2.16. The summed E-state index contributed by atoms with van der Waals surface area (Å²) in [6.07, 6.45) is 0.288. The summed E-state index contributed by atoms with van der Waals surface area (Å²) >= 11 is 3.15. The third-order valence-electron chi connectivity index (χ3n) is 2.51. The van der Waals surface area contributed by atoms with Gasteiger partial charge in [-0.25, -0.2) is 22.0 Å². The minimum atomic E-state index is -3.90. The summed E-state index contributed by atoms with van der Waals surface area (Å²) in [5, 5.41) is 5.10. The number of ether oxygens (including phenoxy) is 1. The van der Waals surface area contributed by atoms with Crippen LogP contribution in [0.25, 0.3) is 0 Å². The molecule has 0 amide bonds. The Balaban J connectivity index is 2.75. The minimum absolute atomic E-state index is 0.00470. The van der Waals surface area contributed by atoms with Gasteiger partial charge in [-0.15, -0.1) is 0 Å². The highest BCUT2D eigenvalue weighted by Crippen LogP contribution is 2.26. The van der Waals surface area contributed by atoms with Gasteiger partial charge in [-0.3, -0.25) is 0 Å². The van der Waals surface area contributed by atoms with Crippen LogP contribution in [0.3, 0.4) is 0 Å². The molecule has 0 aliphatic carbocycles. The molecule has 20 heavy (non-hydrogen) atoms. The lowest BCUT2D eigenvalue weighted by atomic mass is 10.3. The molecule has 0 aliphatic rings. The molecule has 0 spiro atoms. The van der Waals surface area contributed by atoms with Gasteiger partial charge in [-0.2, -0.15) is 0 Å². The van der Waals surface area contributed by atoms with Gasteiger partial charge >= 0.3 is 0 Å². The van der Waals surface area contributed by atoms with E-state index >= 15 is 0 Å². The van der Waals surface area contributed by atoms with E-state index in [2.05, 4.69) is 15.9 Å². The van der Waals surface area contributed by atoms with Gasteiger partial charge in [0, 0.05) is 10.2 Å². The van der Waals surface area contributed by atoms with Gasteiger partial charge in [0.25, 0.3) is 0 Å². The molecule has 0 bridgehead atoms. The third kappa shape index (κ3) is 5.39. The number of sulfone groups is 1. The summed E-state index contributed by atoms with van der Waals surface area (Å²) < 4.78 is 51.3. The molecule has 114 valence electrons. The lowest BCUT2D eigenvalue weighted by molar-refractivity contribution is 0.309. The zero-order valence-electron chi connectivity index (χ0n) is 10.9. The smallest absolute Gasteiger partial charge is 0.241 e. The van der Waals surface area contributed by atoms with Crippen LogP contribution in [0.1, 0.15) is 13.3 Å². The number of benzene rings is 1. The van der Waals surface area contributed by atoms with Crippen LogP contribution in [0.4, 0.5) is 0 Å². The molecular formula is C11H16BrNO5S2. The van der Waals surface area contributed by atoms with Crippen LogP contribution in [0, 0.1) is 0 Å². The quantitative estimate of drug-likeness (QED) is 0.712. The zero-order chi connectivity index (χ0) is 15.4. The van der Waals surface area contributed by atoms with E-state index in [1.807, 2.05) is 0 Å². The van der Waals surface area contributed by atoms with Crippen molar-refractivity contribution in [3.63, 3.8) is 0 Å². The number of hydrogen-bond donors (Lipinski definition) is 1. The fourth-order valence-electron chi connectivity index (χ4n) is 1.43. The average Bonchev–Trinajstić information content (AvgIpc) is 2.35. The number of nitrogens with two attached hydrogens (primary N) is 1. The Hall–Kier alpha value is -0.640. The Morgan fingerprint density at radius 1 is 1.25 bits per heavy atom. The molecule has 2 N–H and O–H groups in total. The number of sulfonamides is 1. The van der Waals surface area contributed by atoms with E-state index in [9.17, 15) is 16.8 Å². The first-order valence-corrected chi connectivity index (χ1v) is 9.97. The molecule has 9 heteroatoms. The highest BCUT2D eigenvalue weighted by molar-refractivity contribution is 9.10. The maximum Gasteiger partial charge on any atom is 0.241 e. The van der Waals surface area contributed by atoms with Gasteiger partial charge in [-0.05, 0) is 24.6 Å². The molecule has 0 saturated carbocycles. The first-order chi connectivity index (χ1) is 9.15. The van der Waals surface area contributed by atoms with Crippen molar-refractivity contribution in [2.24, 2.45) is 5.14 Å². The van der Waals surface area contributed by atoms with E-state index in [0.29, 0.717) is 4.47 Å². The molecule has 6 nitrogen and oxygen atoms in total. The molecule has 0 radical (unpaired) electrons. The topological polar surface area (TPSA) is 104 Å². The SMILES string of the molecule is CCS(=O)(=O)CCCOc1ccc(Br)cc1S(N)(=O)=O. The van der Waals surface area contributed by atoms with Crippen molar-refractivity contribution >= 4 is 35.8 Å². The molecule has 1 aromatic carbocycles. The van der Waals surface area contributed by atoms with Crippen molar-refractivity contribution in [3.05, 3.63) is 22.7 Å². The normalized spacial score (nSPS) is 12.3. The van der Waals surface area contributed by atoms with Crippen molar-refractivity contribution < 1.29 is 21.6 Å². The lowest BCUT2D eigenvalue weighted by Crippen LogP contribution is -2.15. The molecule has 0 heterocycles. The first-order valence-electron chi connectivity index (χ1n) is 5.81. The summed E-state index contributed by atoms with van der Waals surface area (Å²) in [6.45, 7) is 1.67. The van der Waals surface area contributed by atoms with Crippen LogP contribution in [-0.2, 0) is 19.9 Å². The van der Waals surface area contributed by atoms with E-state index in [0.717, 1.165) is 0 Å². The zero-order valence-corrected chi connectivity index (χ0v) is 14.1. The second kappa shape index (κ2) is 6.88. The Kier molecular flexibility index (Phi) is 5.99. The van der Waals surface area contributed by atoms with Crippen molar-refractivity contribution in [2.75, 3.05) is 18.1 Å². The summed E-state index contributed by atoms with van der Waals surface area (Å²) in [5.74, 6) is 0.197. The molecule has 0 atom stereocenters. The number of hydrogen-bond acceptors (Lipinski definition) is 5. The van der Waals surface area contributed by atoms with Gasteiger partial charge in [-0.1, -0.05) is 22.9 Å². The van der Waals surface area contributed by atoms with Crippen molar-refractivity contribution in [3.8, 4) is 5.75 Å². The van der Waals surface area contributed by atoms with Gasteiger partial charge in [0.2, 0.25) is 10.0 Å². The Labute approximate surface area is 127 Å². The lowest BCUT2D eigenvalue weighted by Gasteiger charge is -2.10. The van der Waals surface area contributed by atoms with Crippen LogP contribution in [0.5, 0.6) is 5.75 Å². The van der Waals surface area contributed by atoms with E-state index < -0.39 is 19.9 Å². The van der Waals surface area contributed by atoms with E-state index in [1.54, 1.807) is 13.0 Å². The molecule has 0 unspecified atom stereocenters. The fourth-order valence-corrected chi connectivity index (χ4v) is 3.49. The maximum atomic E-state index is 11.4. The number of halogens is 1. The monoisotopic (exact) mass is 385 g/mol. The highest BCUT2D eigenvalue weighted by atomic mass is 79.9. The Morgan fingerprint density at radius 3 is 2.45 bits per heavy atom. The van der Waals surface area contributed by atoms with Crippen LogP contribution in [-0.4, -0.2) is 34.9 Å². The minimum Gasteiger partial charge on any atom is -0.492 e. The largest absolute Gasteiger partial charge is 0.492 e. The van der Waals surface area contributed by atoms with Crippen LogP contribution in [0.15, 0.2) is 27.6 Å². The molecule has 1 aromatic rings. The Bertz CT molecular complexity index is 670. The predicted octanol–water partition coefficient (Wildman–Crippen LogP) is 1.30. The molecule has 0 aliphatic heterocycles. The molecule has 1 rings (SSSR count). The van der Waals surface area contributed by atoms with E-state index in [1.165, 1.54) is 12.1 Å². The standard InChI is InChI=1S/C11H16BrNO5S2/c1-2-19(14,15)7-3-6-18-10-5-4-9(12)8-11(10)20(13,16)17/h4-5,8H,2-3,6-7H2,1H3,(H2,13,16,17). The predicted molar refractivity (Wildman–Crippen MR) is 80.0 cm³/mol. The van der Waals surface area contributed by atoms with Crippen LogP contribution in [0.2, 0.25) is 0 Å². The molecule has 0 fully saturated rings. The molecular weight excluding hydrogens is 370 g/mol.